The number of ketones is 1. The number of carboxylic acids is 1. The van der Waals surface area contributed by atoms with Gasteiger partial charge < -0.3 is 19.5 Å². The van der Waals surface area contributed by atoms with Gasteiger partial charge in [-0.25, -0.2) is 4.98 Å². The highest BCUT2D eigenvalue weighted by Gasteiger charge is 2.39. The Labute approximate surface area is 254 Å². The number of benzene rings is 1. The summed E-state index contributed by atoms with van der Waals surface area (Å²) >= 11 is 0. The van der Waals surface area contributed by atoms with Gasteiger partial charge in [0.15, 0.2) is 5.78 Å². The van der Waals surface area contributed by atoms with Crippen LogP contribution in [0, 0.1) is 24.7 Å². The number of rotatable bonds is 12. The van der Waals surface area contributed by atoms with Crippen LogP contribution in [0.4, 0.5) is 5.69 Å². The Morgan fingerprint density at radius 1 is 1.07 bits per heavy atom. The number of aryl methyl sites for hydroxylation is 1. The highest BCUT2D eigenvalue weighted by molar-refractivity contribution is 6.07. The number of nitrogens with zero attached hydrogens (tertiary/aromatic N) is 3. The molecule has 1 aliphatic carbocycles. The summed E-state index contributed by atoms with van der Waals surface area (Å²) in [7, 11) is 1.64. The minimum atomic E-state index is -0.788. The van der Waals surface area contributed by atoms with E-state index in [1.807, 2.05) is 69.3 Å². The molecule has 2 atom stereocenters. The monoisotopic (exact) mass is 585 g/mol. The van der Waals surface area contributed by atoms with Gasteiger partial charge in [0.2, 0.25) is 5.88 Å². The number of ether oxygens (including phenoxy) is 2. The second-order valence-corrected chi connectivity index (χ2v) is 12.7. The smallest absolute Gasteiger partial charge is 0.306 e. The summed E-state index contributed by atoms with van der Waals surface area (Å²) < 4.78 is 11.7. The molecule has 1 aromatic carbocycles. The van der Waals surface area contributed by atoms with Gasteiger partial charge in [-0.3, -0.25) is 14.6 Å². The van der Waals surface area contributed by atoms with Gasteiger partial charge in [0.05, 0.1) is 36.4 Å². The Kier molecular flexibility index (Phi) is 9.04. The molecular weight excluding hydrogens is 542 g/mol. The first-order valence-corrected chi connectivity index (χ1v) is 15.3. The van der Waals surface area contributed by atoms with Crippen molar-refractivity contribution in [2.24, 2.45) is 17.8 Å². The van der Waals surface area contributed by atoms with Crippen molar-refractivity contribution in [2.45, 2.75) is 64.7 Å². The molecule has 2 aliphatic rings. The summed E-state index contributed by atoms with van der Waals surface area (Å²) in [6.45, 7) is 9.73. The first-order valence-electron chi connectivity index (χ1n) is 15.3. The Hall–Kier alpha value is -3.94. The quantitative estimate of drug-likeness (QED) is 0.242. The molecule has 1 saturated carbocycles. The van der Waals surface area contributed by atoms with E-state index in [4.69, 9.17) is 9.47 Å². The third-order valence-electron chi connectivity index (χ3n) is 9.17. The van der Waals surface area contributed by atoms with Crippen molar-refractivity contribution >= 4 is 17.4 Å². The van der Waals surface area contributed by atoms with Crippen LogP contribution in [0.2, 0.25) is 0 Å². The van der Waals surface area contributed by atoms with Crippen molar-refractivity contribution in [2.75, 3.05) is 31.7 Å². The number of carbonyl (C=O) groups is 2. The van der Waals surface area contributed by atoms with Gasteiger partial charge in [-0.15, -0.1) is 0 Å². The molecule has 8 nitrogen and oxygen atoms in total. The number of hydrogen-bond acceptors (Lipinski definition) is 7. The third kappa shape index (κ3) is 6.84. The summed E-state index contributed by atoms with van der Waals surface area (Å²) in [6.07, 6.45) is 5.69. The molecule has 1 N–H and O–H groups in total. The van der Waals surface area contributed by atoms with Gasteiger partial charge in [0.1, 0.15) is 5.75 Å². The van der Waals surface area contributed by atoms with E-state index in [2.05, 4.69) is 14.9 Å². The lowest BCUT2D eigenvalue weighted by molar-refractivity contribution is -0.142. The van der Waals surface area contributed by atoms with Crippen LogP contribution in [0.1, 0.15) is 79.7 Å². The van der Waals surface area contributed by atoms with Crippen molar-refractivity contribution in [1.29, 1.82) is 0 Å². The molecule has 2 aromatic heterocycles. The van der Waals surface area contributed by atoms with Crippen molar-refractivity contribution < 1.29 is 24.2 Å². The number of anilines is 1. The number of aromatic nitrogens is 2. The number of Topliss-reactive ketones (excluding diaryl/α,β-unsaturated/α-hetero) is 1. The molecule has 5 rings (SSSR count). The van der Waals surface area contributed by atoms with Gasteiger partial charge in [-0.2, -0.15) is 0 Å². The topological polar surface area (TPSA) is 102 Å². The molecule has 1 saturated heterocycles. The van der Waals surface area contributed by atoms with Crippen molar-refractivity contribution in [1.82, 2.24) is 9.97 Å². The molecule has 228 valence electrons. The number of piperidine rings is 1. The SMILES string of the molecule is COc1ccc(C(=O)C(C)(C)c2cccc(C)n2)c(N2CCC(COc3cc(C(C4CC4)C(C)C(=O)O)ccn3)CC2)c1. The average Bonchev–Trinajstić information content (AvgIpc) is 3.85. The fourth-order valence-electron chi connectivity index (χ4n) is 6.27. The lowest BCUT2D eigenvalue weighted by Crippen LogP contribution is -2.38. The Morgan fingerprint density at radius 3 is 2.47 bits per heavy atom. The molecule has 0 amide bonds. The molecule has 0 bridgehead atoms. The third-order valence-corrected chi connectivity index (χ3v) is 9.17. The fourth-order valence-corrected chi connectivity index (χ4v) is 6.27. The Morgan fingerprint density at radius 2 is 1.81 bits per heavy atom. The van der Waals surface area contributed by atoms with Crippen LogP contribution in [0.15, 0.2) is 54.7 Å². The van der Waals surface area contributed by atoms with Crippen LogP contribution in [0.5, 0.6) is 11.6 Å². The molecule has 8 heteroatoms. The predicted molar refractivity (Wildman–Crippen MR) is 166 cm³/mol. The standard InChI is InChI=1S/C35H43N3O5/c1-22-7-6-8-30(37-22)35(3,4)33(39)28-12-11-27(42-5)20-29(28)38-17-14-24(15-18-38)21-43-31-19-26(13-16-36-31)32(25-9-10-25)23(2)34(40)41/h6-8,11-13,16,19-20,23-25,32H,9-10,14-15,17-18,21H2,1-5H3,(H,40,41). The second kappa shape index (κ2) is 12.7. The van der Waals surface area contributed by atoms with E-state index in [-0.39, 0.29) is 11.7 Å². The minimum absolute atomic E-state index is 0.0162. The predicted octanol–water partition coefficient (Wildman–Crippen LogP) is 6.46. The molecule has 3 aromatic rings. The summed E-state index contributed by atoms with van der Waals surface area (Å²) in [4.78, 5) is 37.1. The molecule has 2 fully saturated rings. The van der Waals surface area contributed by atoms with Crippen LogP contribution in [-0.4, -0.2) is 53.6 Å². The highest BCUT2D eigenvalue weighted by Crippen LogP contribution is 2.47. The average molecular weight is 586 g/mol. The van der Waals surface area contributed by atoms with E-state index in [1.165, 1.54) is 0 Å². The van der Waals surface area contributed by atoms with Crippen LogP contribution < -0.4 is 14.4 Å². The fraction of sp³-hybridized carbons (Fsp3) is 0.486. The van der Waals surface area contributed by atoms with Crippen molar-refractivity contribution in [3.05, 3.63) is 77.2 Å². The van der Waals surface area contributed by atoms with Gasteiger partial charge in [-0.1, -0.05) is 13.0 Å². The maximum Gasteiger partial charge on any atom is 0.306 e. The van der Waals surface area contributed by atoms with Gasteiger partial charge in [0, 0.05) is 42.7 Å². The van der Waals surface area contributed by atoms with Crippen LogP contribution >= 0.6 is 0 Å². The highest BCUT2D eigenvalue weighted by atomic mass is 16.5. The Bertz CT molecular complexity index is 1460. The zero-order chi connectivity index (χ0) is 30.7. The lowest BCUT2D eigenvalue weighted by Gasteiger charge is -2.35. The molecule has 0 radical (unpaired) electrons. The van der Waals surface area contributed by atoms with E-state index in [9.17, 15) is 14.7 Å². The van der Waals surface area contributed by atoms with Crippen molar-refractivity contribution in [3.8, 4) is 11.6 Å². The number of pyridine rings is 2. The van der Waals surface area contributed by atoms with Gasteiger partial charge >= 0.3 is 5.97 Å². The molecule has 0 spiro atoms. The maximum atomic E-state index is 14.0. The van der Waals surface area contributed by atoms with Gasteiger partial charge in [0.25, 0.3) is 0 Å². The molecule has 43 heavy (non-hydrogen) atoms. The van der Waals surface area contributed by atoms with E-state index < -0.39 is 17.3 Å². The molecule has 2 unspecified atom stereocenters. The van der Waals surface area contributed by atoms with Crippen LogP contribution in [0.25, 0.3) is 0 Å². The largest absolute Gasteiger partial charge is 0.497 e. The van der Waals surface area contributed by atoms with E-state index in [0.717, 1.165) is 67.2 Å². The van der Waals surface area contributed by atoms with E-state index in [1.54, 1.807) is 20.2 Å². The van der Waals surface area contributed by atoms with Gasteiger partial charge in [-0.05, 0) is 100 Å². The van der Waals surface area contributed by atoms with Crippen LogP contribution in [0.3, 0.4) is 0 Å². The van der Waals surface area contributed by atoms with Crippen LogP contribution in [-0.2, 0) is 10.2 Å². The summed E-state index contributed by atoms with van der Waals surface area (Å²) in [5, 5.41) is 9.64. The summed E-state index contributed by atoms with van der Waals surface area (Å²) in [5.41, 5.74) is 3.41. The number of carboxylic acid groups (broad SMARTS) is 1. The molecular formula is C35H43N3O5. The molecule has 3 heterocycles. The minimum Gasteiger partial charge on any atom is -0.497 e. The zero-order valence-electron chi connectivity index (χ0n) is 25.9. The van der Waals surface area contributed by atoms with E-state index in [0.29, 0.717) is 29.9 Å². The number of hydrogen-bond donors (Lipinski definition) is 1. The normalized spacial score (nSPS) is 17.3. The number of carbonyl (C=O) groups excluding carboxylic acids is 1. The Balaban J connectivity index is 1.25. The van der Waals surface area contributed by atoms with Crippen molar-refractivity contribution in [3.63, 3.8) is 0 Å². The first-order chi connectivity index (χ1) is 20.6. The molecule has 1 aliphatic heterocycles. The lowest BCUT2D eigenvalue weighted by atomic mass is 9.80. The maximum absolute atomic E-state index is 14.0. The van der Waals surface area contributed by atoms with E-state index >= 15 is 0 Å². The zero-order valence-corrected chi connectivity index (χ0v) is 25.9. The summed E-state index contributed by atoms with van der Waals surface area (Å²) in [5.74, 6) is 0.832. The second-order valence-electron chi connectivity index (χ2n) is 12.7. The number of aliphatic carboxylic acids is 1. The number of methoxy groups -OCH3 is 1. The summed E-state index contributed by atoms with van der Waals surface area (Å²) in [6, 6.07) is 15.4. The first kappa shape index (κ1) is 30.5.